The summed E-state index contributed by atoms with van der Waals surface area (Å²) in [5.41, 5.74) is 2.24. The highest BCUT2D eigenvalue weighted by atomic mass is 16.2. The molecule has 1 aromatic rings. The standard InChI is InChI=1S/C20H31N5O/c1-21-19-15-9-11-25(18(26)12-14-6-3-4-7-14)13-16(15)22-20(23-19)17-8-5-10-24(17)2/h14,17H,3-13H2,1-2H3,(H,21,22,23)/t17-/m0/s1. The number of fused-ring (bicyclic) bond motifs is 1. The summed E-state index contributed by atoms with van der Waals surface area (Å²) in [6, 6.07) is 0.303. The molecule has 26 heavy (non-hydrogen) atoms. The van der Waals surface area contributed by atoms with Crippen LogP contribution in [-0.4, -0.2) is 52.9 Å². The van der Waals surface area contributed by atoms with E-state index >= 15 is 0 Å². The highest BCUT2D eigenvalue weighted by Gasteiger charge is 2.30. The molecule has 1 aliphatic carbocycles. The lowest BCUT2D eigenvalue weighted by atomic mass is 10.0. The zero-order chi connectivity index (χ0) is 18.1. The first-order valence-corrected chi connectivity index (χ1v) is 10.2. The van der Waals surface area contributed by atoms with Crippen molar-refractivity contribution in [1.82, 2.24) is 19.8 Å². The summed E-state index contributed by atoms with van der Waals surface area (Å²) in [6.07, 6.45) is 8.90. The summed E-state index contributed by atoms with van der Waals surface area (Å²) in [6.45, 7) is 2.53. The molecule has 6 heteroatoms. The fourth-order valence-electron chi connectivity index (χ4n) is 4.85. The van der Waals surface area contributed by atoms with Gasteiger partial charge in [-0.2, -0.15) is 0 Å². The Hall–Kier alpha value is -1.69. The predicted octanol–water partition coefficient (Wildman–Crippen LogP) is 2.75. The lowest BCUT2D eigenvalue weighted by molar-refractivity contribution is -0.133. The minimum Gasteiger partial charge on any atom is -0.373 e. The van der Waals surface area contributed by atoms with E-state index in [2.05, 4.69) is 17.3 Å². The Morgan fingerprint density at radius 2 is 1.96 bits per heavy atom. The number of hydrogen-bond acceptors (Lipinski definition) is 5. The van der Waals surface area contributed by atoms with Crippen LogP contribution in [0.2, 0.25) is 0 Å². The van der Waals surface area contributed by atoms with Crippen molar-refractivity contribution < 1.29 is 4.79 Å². The molecule has 6 nitrogen and oxygen atoms in total. The van der Waals surface area contributed by atoms with Gasteiger partial charge in [0.1, 0.15) is 11.6 Å². The molecular formula is C20H31N5O. The van der Waals surface area contributed by atoms with Crippen LogP contribution in [-0.2, 0) is 17.8 Å². The van der Waals surface area contributed by atoms with Gasteiger partial charge in [0.15, 0.2) is 0 Å². The summed E-state index contributed by atoms with van der Waals surface area (Å²) < 4.78 is 0. The zero-order valence-corrected chi connectivity index (χ0v) is 16.1. The molecular weight excluding hydrogens is 326 g/mol. The number of anilines is 1. The van der Waals surface area contributed by atoms with Crippen LogP contribution in [0.3, 0.4) is 0 Å². The van der Waals surface area contributed by atoms with Crippen LogP contribution in [0.5, 0.6) is 0 Å². The molecule has 1 aromatic heterocycles. The lowest BCUT2D eigenvalue weighted by Gasteiger charge is -2.31. The Morgan fingerprint density at radius 3 is 2.65 bits per heavy atom. The lowest BCUT2D eigenvalue weighted by Crippen LogP contribution is -2.38. The molecule has 1 atom stereocenters. The molecule has 2 aliphatic heterocycles. The maximum absolute atomic E-state index is 12.8. The average molecular weight is 358 g/mol. The van der Waals surface area contributed by atoms with E-state index in [1.807, 2.05) is 11.9 Å². The summed E-state index contributed by atoms with van der Waals surface area (Å²) in [7, 11) is 4.08. The highest BCUT2D eigenvalue weighted by molar-refractivity contribution is 5.77. The van der Waals surface area contributed by atoms with Crippen LogP contribution in [0.15, 0.2) is 0 Å². The molecule has 0 unspecified atom stereocenters. The van der Waals surface area contributed by atoms with Gasteiger partial charge < -0.3 is 10.2 Å². The van der Waals surface area contributed by atoms with Gasteiger partial charge in [0, 0.05) is 25.6 Å². The van der Waals surface area contributed by atoms with Crippen molar-refractivity contribution in [2.24, 2.45) is 5.92 Å². The predicted molar refractivity (Wildman–Crippen MR) is 102 cm³/mol. The van der Waals surface area contributed by atoms with Gasteiger partial charge in [-0.05, 0) is 51.6 Å². The van der Waals surface area contributed by atoms with E-state index in [4.69, 9.17) is 9.97 Å². The minimum atomic E-state index is 0.303. The average Bonchev–Trinajstić information content (AvgIpc) is 3.31. The Balaban J connectivity index is 1.53. The van der Waals surface area contributed by atoms with E-state index in [0.717, 1.165) is 49.7 Å². The maximum Gasteiger partial charge on any atom is 0.223 e. The molecule has 0 spiro atoms. The molecule has 2 fully saturated rings. The highest BCUT2D eigenvalue weighted by Crippen LogP contribution is 2.33. The maximum atomic E-state index is 12.8. The number of hydrogen-bond donors (Lipinski definition) is 1. The van der Waals surface area contributed by atoms with Gasteiger partial charge in [0.25, 0.3) is 0 Å². The summed E-state index contributed by atoms with van der Waals surface area (Å²) in [5, 5.41) is 3.26. The van der Waals surface area contributed by atoms with Crippen molar-refractivity contribution >= 4 is 11.7 Å². The van der Waals surface area contributed by atoms with Crippen molar-refractivity contribution in [3.05, 3.63) is 17.1 Å². The summed E-state index contributed by atoms with van der Waals surface area (Å²) in [5.74, 6) is 2.78. The molecule has 0 bridgehead atoms. The fraction of sp³-hybridized carbons (Fsp3) is 0.750. The van der Waals surface area contributed by atoms with E-state index < -0.39 is 0 Å². The third kappa shape index (κ3) is 3.43. The fourth-order valence-corrected chi connectivity index (χ4v) is 4.85. The number of carbonyl (C=O) groups excluding carboxylic acids is 1. The van der Waals surface area contributed by atoms with Crippen molar-refractivity contribution in [1.29, 1.82) is 0 Å². The van der Waals surface area contributed by atoms with E-state index in [1.54, 1.807) is 0 Å². The van der Waals surface area contributed by atoms with Gasteiger partial charge in [-0.3, -0.25) is 9.69 Å². The first kappa shape index (κ1) is 17.7. The van der Waals surface area contributed by atoms with Crippen LogP contribution >= 0.6 is 0 Å². The molecule has 4 rings (SSSR count). The third-order valence-corrected chi connectivity index (χ3v) is 6.43. The summed E-state index contributed by atoms with van der Waals surface area (Å²) in [4.78, 5) is 26.9. The first-order valence-electron chi connectivity index (χ1n) is 10.2. The van der Waals surface area contributed by atoms with E-state index in [1.165, 1.54) is 37.7 Å². The van der Waals surface area contributed by atoms with Crippen molar-refractivity contribution in [2.75, 3.05) is 32.5 Å². The number of nitrogens with one attached hydrogen (secondary N) is 1. The van der Waals surface area contributed by atoms with Gasteiger partial charge >= 0.3 is 0 Å². The molecule has 3 heterocycles. The van der Waals surface area contributed by atoms with Crippen molar-refractivity contribution in [2.45, 2.75) is 64.0 Å². The van der Waals surface area contributed by atoms with E-state index in [0.29, 0.717) is 24.4 Å². The van der Waals surface area contributed by atoms with Gasteiger partial charge in [-0.15, -0.1) is 0 Å². The first-order chi connectivity index (χ1) is 12.7. The number of likely N-dealkylation sites (tertiary alicyclic amines) is 1. The quantitative estimate of drug-likeness (QED) is 0.898. The smallest absolute Gasteiger partial charge is 0.223 e. The molecule has 3 aliphatic rings. The third-order valence-electron chi connectivity index (χ3n) is 6.43. The Morgan fingerprint density at radius 1 is 1.15 bits per heavy atom. The van der Waals surface area contributed by atoms with Gasteiger partial charge in [-0.25, -0.2) is 9.97 Å². The van der Waals surface area contributed by atoms with Crippen LogP contribution in [0.4, 0.5) is 5.82 Å². The Bertz CT molecular complexity index is 670. The Labute approximate surface area is 156 Å². The topological polar surface area (TPSA) is 61.4 Å². The normalized spacial score (nSPS) is 24.1. The second kappa shape index (κ2) is 7.51. The van der Waals surface area contributed by atoms with E-state index in [-0.39, 0.29) is 0 Å². The van der Waals surface area contributed by atoms with Crippen molar-refractivity contribution in [3.63, 3.8) is 0 Å². The number of amides is 1. The number of aromatic nitrogens is 2. The number of rotatable bonds is 4. The molecule has 0 aromatic carbocycles. The largest absolute Gasteiger partial charge is 0.373 e. The van der Waals surface area contributed by atoms with Crippen molar-refractivity contribution in [3.8, 4) is 0 Å². The van der Waals surface area contributed by atoms with Gasteiger partial charge in [-0.1, -0.05) is 12.8 Å². The van der Waals surface area contributed by atoms with Crippen LogP contribution in [0.1, 0.15) is 68.1 Å². The monoisotopic (exact) mass is 357 g/mol. The van der Waals surface area contributed by atoms with Crippen LogP contribution in [0.25, 0.3) is 0 Å². The second-order valence-corrected chi connectivity index (χ2v) is 8.16. The number of nitrogens with zero attached hydrogens (tertiary/aromatic N) is 4. The van der Waals surface area contributed by atoms with Gasteiger partial charge in [0.05, 0.1) is 18.3 Å². The summed E-state index contributed by atoms with van der Waals surface area (Å²) >= 11 is 0. The molecule has 142 valence electrons. The Kier molecular flexibility index (Phi) is 5.11. The van der Waals surface area contributed by atoms with Gasteiger partial charge in [0.2, 0.25) is 5.91 Å². The zero-order valence-electron chi connectivity index (χ0n) is 16.1. The molecule has 1 amide bonds. The SMILES string of the molecule is CNc1nc([C@@H]2CCCN2C)nc2c1CCN(C(=O)CC1CCCC1)C2. The molecule has 0 radical (unpaired) electrons. The molecule has 1 saturated heterocycles. The minimum absolute atomic E-state index is 0.303. The second-order valence-electron chi connectivity index (χ2n) is 8.16. The van der Waals surface area contributed by atoms with Crippen LogP contribution in [0, 0.1) is 5.92 Å². The van der Waals surface area contributed by atoms with E-state index in [9.17, 15) is 4.79 Å². The van der Waals surface area contributed by atoms with Crippen LogP contribution < -0.4 is 5.32 Å². The molecule has 1 saturated carbocycles. The number of carbonyl (C=O) groups is 1. The molecule has 1 N–H and O–H groups in total.